The van der Waals surface area contributed by atoms with Crippen LogP contribution in [0.1, 0.15) is 50.3 Å². The Labute approximate surface area is 226 Å². The van der Waals surface area contributed by atoms with Gasteiger partial charge in [-0.15, -0.1) is 0 Å². The van der Waals surface area contributed by atoms with Crippen molar-refractivity contribution in [3.05, 3.63) is 71.3 Å². The highest BCUT2D eigenvalue weighted by atomic mass is 16.6. The molecule has 0 radical (unpaired) electrons. The number of aliphatic hydroxyl groups excluding tert-OH is 1. The van der Waals surface area contributed by atoms with Crippen LogP contribution >= 0.6 is 0 Å². The average Bonchev–Trinajstić information content (AvgIpc) is 2.89. The summed E-state index contributed by atoms with van der Waals surface area (Å²) >= 11 is 0. The van der Waals surface area contributed by atoms with E-state index in [1.807, 2.05) is 12.1 Å². The number of esters is 2. The number of aliphatic hydroxyl groups is 1. The van der Waals surface area contributed by atoms with Crippen molar-refractivity contribution >= 4 is 11.9 Å². The fourth-order valence-electron chi connectivity index (χ4n) is 3.79. The molecule has 206 valence electrons. The second-order valence-corrected chi connectivity index (χ2v) is 9.18. The molecule has 2 rings (SSSR count). The summed E-state index contributed by atoms with van der Waals surface area (Å²) in [5, 5.41) is 9.28. The van der Waals surface area contributed by atoms with Crippen LogP contribution in [0.5, 0.6) is 11.5 Å². The van der Waals surface area contributed by atoms with E-state index < -0.39 is 11.9 Å². The van der Waals surface area contributed by atoms with Crippen molar-refractivity contribution in [1.82, 2.24) is 0 Å². The van der Waals surface area contributed by atoms with Gasteiger partial charge in [-0.1, -0.05) is 43.8 Å². The number of aryl methyl sites for hydroxylation is 3. The molecule has 38 heavy (non-hydrogen) atoms. The number of hydrogen-bond acceptors (Lipinski definition) is 7. The van der Waals surface area contributed by atoms with Crippen molar-refractivity contribution in [1.29, 1.82) is 0 Å². The summed E-state index contributed by atoms with van der Waals surface area (Å²) < 4.78 is 22.6. The molecule has 0 amide bonds. The summed E-state index contributed by atoms with van der Waals surface area (Å²) in [6.07, 6.45) is 2.91. The van der Waals surface area contributed by atoms with E-state index in [0.717, 1.165) is 40.7 Å². The minimum atomic E-state index is -0.458. The molecule has 0 aliphatic heterocycles. The van der Waals surface area contributed by atoms with E-state index >= 15 is 0 Å². The molecule has 0 saturated heterocycles. The molecule has 7 nitrogen and oxygen atoms in total. The number of unbranched alkanes of at least 4 members (excludes halogenated alkanes) is 1. The third-order valence-corrected chi connectivity index (χ3v) is 5.79. The fraction of sp³-hybridized carbons (Fsp3) is 0.419. The minimum Gasteiger partial charge on any atom is -0.490 e. The first-order chi connectivity index (χ1) is 18.2. The van der Waals surface area contributed by atoms with Gasteiger partial charge in [0.1, 0.15) is 37.9 Å². The Kier molecular flexibility index (Phi) is 12.6. The zero-order valence-corrected chi connectivity index (χ0v) is 23.1. The zero-order valence-electron chi connectivity index (χ0n) is 23.1. The number of carbonyl (C=O) groups is 2. The lowest BCUT2D eigenvalue weighted by atomic mass is 9.93. The van der Waals surface area contributed by atoms with Crippen LogP contribution in [0, 0.1) is 6.92 Å². The summed E-state index contributed by atoms with van der Waals surface area (Å²) in [6, 6.07) is 10.2. The molecule has 1 N–H and O–H groups in total. The number of rotatable bonds is 16. The molecule has 0 saturated carbocycles. The Hall–Kier alpha value is -3.58. The molecule has 0 aliphatic carbocycles. The van der Waals surface area contributed by atoms with E-state index in [2.05, 4.69) is 45.2 Å². The highest BCUT2D eigenvalue weighted by molar-refractivity contribution is 5.87. The maximum Gasteiger partial charge on any atom is 0.333 e. The molecule has 0 fully saturated rings. The van der Waals surface area contributed by atoms with Crippen molar-refractivity contribution in [3.8, 4) is 22.6 Å². The van der Waals surface area contributed by atoms with Crippen LogP contribution in [0.25, 0.3) is 11.1 Å². The quantitative estimate of drug-likeness (QED) is 0.175. The van der Waals surface area contributed by atoms with Gasteiger partial charge in [-0.2, -0.15) is 0 Å². The monoisotopic (exact) mass is 524 g/mol. The maximum absolute atomic E-state index is 11.8. The molecule has 0 heterocycles. The molecule has 2 aromatic rings. The predicted octanol–water partition coefficient (Wildman–Crippen LogP) is 5.54. The molecule has 0 spiro atoms. The van der Waals surface area contributed by atoms with Crippen LogP contribution < -0.4 is 9.47 Å². The van der Waals surface area contributed by atoms with Crippen molar-refractivity contribution < 1.29 is 33.6 Å². The first-order valence-corrected chi connectivity index (χ1v) is 13.0. The molecule has 0 aromatic heterocycles. The topological polar surface area (TPSA) is 91.3 Å². The Morgan fingerprint density at radius 2 is 1.39 bits per heavy atom. The van der Waals surface area contributed by atoms with E-state index in [0.29, 0.717) is 35.5 Å². The first-order valence-electron chi connectivity index (χ1n) is 13.0. The van der Waals surface area contributed by atoms with Gasteiger partial charge in [0.25, 0.3) is 0 Å². The van der Waals surface area contributed by atoms with Crippen LogP contribution in [0.3, 0.4) is 0 Å². The van der Waals surface area contributed by atoms with E-state index in [9.17, 15) is 14.7 Å². The molecule has 0 aliphatic rings. The number of benzene rings is 2. The second kappa shape index (κ2) is 15.6. The Balaban J connectivity index is 2.41. The number of carbonyl (C=O) groups excluding carboxylic acids is 2. The summed E-state index contributed by atoms with van der Waals surface area (Å²) in [4.78, 5) is 23.5. The largest absolute Gasteiger partial charge is 0.490 e. The van der Waals surface area contributed by atoms with Crippen molar-refractivity contribution in [3.63, 3.8) is 0 Å². The molecular weight excluding hydrogens is 484 g/mol. The van der Waals surface area contributed by atoms with Gasteiger partial charge in [0.2, 0.25) is 0 Å². The molecule has 0 unspecified atom stereocenters. The van der Waals surface area contributed by atoms with Crippen molar-refractivity contribution in [2.24, 2.45) is 0 Å². The molecule has 7 heteroatoms. The van der Waals surface area contributed by atoms with Gasteiger partial charge in [0.05, 0.1) is 0 Å². The van der Waals surface area contributed by atoms with Gasteiger partial charge in [0, 0.05) is 23.3 Å². The van der Waals surface area contributed by atoms with Gasteiger partial charge < -0.3 is 24.1 Å². The number of ether oxygens (including phenoxy) is 4. The van der Waals surface area contributed by atoms with Crippen molar-refractivity contribution in [2.75, 3.05) is 33.0 Å². The van der Waals surface area contributed by atoms with E-state index in [1.165, 1.54) is 0 Å². The summed E-state index contributed by atoms with van der Waals surface area (Å²) in [7, 11) is 0. The summed E-state index contributed by atoms with van der Waals surface area (Å²) in [5.74, 6) is 0.394. The third-order valence-electron chi connectivity index (χ3n) is 5.79. The first kappa shape index (κ1) is 30.6. The highest BCUT2D eigenvalue weighted by Crippen LogP contribution is 2.39. The lowest BCUT2D eigenvalue weighted by Gasteiger charge is -2.20. The van der Waals surface area contributed by atoms with Gasteiger partial charge >= 0.3 is 11.9 Å². The van der Waals surface area contributed by atoms with Crippen molar-refractivity contribution in [2.45, 2.75) is 53.4 Å². The molecule has 0 bridgehead atoms. The average molecular weight is 525 g/mol. The highest BCUT2D eigenvalue weighted by Gasteiger charge is 2.17. The van der Waals surface area contributed by atoms with Crippen LogP contribution in [0.2, 0.25) is 0 Å². The van der Waals surface area contributed by atoms with Gasteiger partial charge in [-0.05, 0) is 75.3 Å². The van der Waals surface area contributed by atoms with Crippen LogP contribution in [0.4, 0.5) is 0 Å². The van der Waals surface area contributed by atoms with Gasteiger partial charge in [0.15, 0.2) is 0 Å². The fourth-order valence-corrected chi connectivity index (χ4v) is 3.79. The standard InChI is InChI=1S/C31H40O7/c1-7-24-18-23(6)11-12-26(24)27-20-28(35-14-16-37-30(33)21(2)3)25(10-8-9-13-32)19-29(27)36-15-17-38-31(34)22(4)5/h11-12,18-20,32H,2,4,7-10,13-17H2,1,3,5-6H3. The Morgan fingerprint density at radius 1 is 0.789 bits per heavy atom. The molecular formula is C31H40O7. The van der Waals surface area contributed by atoms with Gasteiger partial charge in [-0.25, -0.2) is 9.59 Å². The Bertz CT molecular complexity index is 1130. The lowest BCUT2D eigenvalue weighted by Crippen LogP contribution is -2.14. The van der Waals surface area contributed by atoms with E-state index in [4.69, 9.17) is 18.9 Å². The SMILES string of the molecule is C=C(C)C(=O)OCCOc1cc(-c2ccc(C)cc2CC)c(OCCOC(=O)C(=C)C)cc1CCCCO. The smallest absolute Gasteiger partial charge is 0.333 e. The minimum absolute atomic E-state index is 0.0891. The maximum atomic E-state index is 11.8. The van der Waals surface area contributed by atoms with Crippen LogP contribution in [0.15, 0.2) is 54.6 Å². The van der Waals surface area contributed by atoms with Crippen LogP contribution in [-0.4, -0.2) is 50.1 Å². The predicted molar refractivity (Wildman–Crippen MR) is 149 cm³/mol. The van der Waals surface area contributed by atoms with E-state index in [-0.39, 0.29) is 33.0 Å². The summed E-state index contributed by atoms with van der Waals surface area (Å²) in [5.41, 5.74) is 5.78. The Morgan fingerprint density at radius 3 is 1.95 bits per heavy atom. The molecule has 2 aromatic carbocycles. The van der Waals surface area contributed by atoms with Gasteiger partial charge in [-0.3, -0.25) is 0 Å². The molecule has 0 atom stereocenters. The number of hydrogen-bond donors (Lipinski definition) is 1. The summed E-state index contributed by atoms with van der Waals surface area (Å²) in [6.45, 7) is 15.2. The lowest BCUT2D eigenvalue weighted by molar-refractivity contribution is -0.140. The van der Waals surface area contributed by atoms with E-state index in [1.54, 1.807) is 13.8 Å². The van der Waals surface area contributed by atoms with Crippen LogP contribution in [-0.2, 0) is 31.9 Å². The zero-order chi connectivity index (χ0) is 28.1. The third kappa shape index (κ3) is 9.38. The normalized spacial score (nSPS) is 10.6. The second-order valence-electron chi connectivity index (χ2n) is 9.18.